The highest BCUT2D eigenvalue weighted by molar-refractivity contribution is 5.04. The van der Waals surface area contributed by atoms with E-state index in [2.05, 4.69) is 0 Å². The van der Waals surface area contributed by atoms with Gasteiger partial charge in [-0.3, -0.25) is 0 Å². The van der Waals surface area contributed by atoms with Crippen molar-refractivity contribution < 1.29 is 4.74 Å². The van der Waals surface area contributed by atoms with Crippen LogP contribution in [0.3, 0.4) is 0 Å². The number of hydrogen-bond acceptors (Lipinski definition) is 1. The van der Waals surface area contributed by atoms with E-state index in [1.807, 2.05) is 0 Å². The topological polar surface area (TPSA) is 9.23 Å². The third-order valence-electron chi connectivity index (χ3n) is 2.50. The number of ether oxygens (including phenoxy) is 1. The van der Waals surface area contributed by atoms with E-state index in [1.165, 1.54) is 25.7 Å². The van der Waals surface area contributed by atoms with Crippen molar-refractivity contribution in [2.45, 2.75) is 25.7 Å². The molecule has 1 aliphatic heterocycles. The van der Waals surface area contributed by atoms with Crippen molar-refractivity contribution in [3.8, 4) is 0 Å². The molecule has 9 heavy (non-hydrogen) atoms. The first-order chi connectivity index (χ1) is 4.47. The summed E-state index contributed by atoms with van der Waals surface area (Å²) in [6.07, 6.45) is 5.53. The molecular weight excluding hydrogens is 112 g/mol. The zero-order chi connectivity index (χ0) is 6.10. The summed E-state index contributed by atoms with van der Waals surface area (Å²) in [6, 6.07) is 0. The minimum Gasteiger partial charge on any atom is -0.381 e. The van der Waals surface area contributed by atoms with Crippen molar-refractivity contribution in [3.05, 3.63) is 5.92 Å². The van der Waals surface area contributed by atoms with Gasteiger partial charge in [0, 0.05) is 6.61 Å². The van der Waals surface area contributed by atoms with Gasteiger partial charge in [0.25, 0.3) is 0 Å². The van der Waals surface area contributed by atoms with E-state index in [0.29, 0.717) is 0 Å². The maximum atomic E-state index is 5.29. The first kappa shape index (κ1) is 5.72. The summed E-state index contributed by atoms with van der Waals surface area (Å²) in [7, 11) is 0. The first-order valence-corrected chi connectivity index (χ1v) is 3.89. The maximum absolute atomic E-state index is 5.29. The fraction of sp³-hybridized carbons (Fsp3) is 0.875. The van der Waals surface area contributed by atoms with Gasteiger partial charge in [-0.05, 0) is 31.1 Å². The number of rotatable bonds is 1. The molecule has 51 valence electrons. The molecule has 0 bridgehead atoms. The minimum absolute atomic E-state index is 0.860. The van der Waals surface area contributed by atoms with Crippen molar-refractivity contribution in [3.63, 3.8) is 0 Å². The Bertz CT molecular complexity index is 90.7. The summed E-state index contributed by atoms with van der Waals surface area (Å²) in [6.45, 7) is 2.03. The Morgan fingerprint density at radius 1 is 1.33 bits per heavy atom. The van der Waals surface area contributed by atoms with E-state index < -0.39 is 0 Å². The Hall–Kier alpha value is -0.0400. The van der Waals surface area contributed by atoms with Crippen LogP contribution in [0.5, 0.6) is 0 Å². The lowest BCUT2D eigenvalue weighted by atomic mass is 9.76. The molecule has 1 nitrogen and oxygen atoms in total. The fourth-order valence-corrected chi connectivity index (χ4v) is 1.65. The molecule has 1 atom stereocenters. The summed E-state index contributed by atoms with van der Waals surface area (Å²) >= 11 is 0. The lowest BCUT2D eigenvalue weighted by molar-refractivity contribution is 0.183. The van der Waals surface area contributed by atoms with Gasteiger partial charge >= 0.3 is 0 Å². The van der Waals surface area contributed by atoms with Crippen LogP contribution in [0.4, 0.5) is 0 Å². The molecule has 0 amide bonds. The SMILES string of the molecule is C1C[C](C2CCOC2)C1. The van der Waals surface area contributed by atoms with Crippen molar-refractivity contribution in [1.29, 1.82) is 0 Å². The van der Waals surface area contributed by atoms with E-state index in [0.717, 1.165) is 19.1 Å². The largest absolute Gasteiger partial charge is 0.381 e. The molecule has 1 radical (unpaired) electrons. The maximum Gasteiger partial charge on any atom is 0.0500 e. The van der Waals surface area contributed by atoms with Crippen molar-refractivity contribution >= 4 is 0 Å². The predicted octanol–water partition coefficient (Wildman–Crippen LogP) is 1.78. The summed E-state index contributed by atoms with van der Waals surface area (Å²) in [5.74, 6) is 2.64. The van der Waals surface area contributed by atoms with Crippen LogP contribution in [0, 0.1) is 11.8 Å². The molecule has 0 aromatic rings. The second-order valence-electron chi connectivity index (χ2n) is 3.07. The predicted molar refractivity (Wildman–Crippen MR) is 36.0 cm³/mol. The van der Waals surface area contributed by atoms with Crippen LogP contribution in [0.15, 0.2) is 0 Å². The standard InChI is InChI=1S/C8H13O/c1-2-7(3-1)8-4-5-9-6-8/h8H,1-6H2. The summed E-state index contributed by atoms with van der Waals surface area (Å²) in [4.78, 5) is 0. The molecule has 0 aromatic heterocycles. The van der Waals surface area contributed by atoms with E-state index in [4.69, 9.17) is 4.74 Å². The van der Waals surface area contributed by atoms with Crippen LogP contribution in [0.2, 0.25) is 0 Å². The van der Waals surface area contributed by atoms with Gasteiger partial charge < -0.3 is 4.74 Å². The van der Waals surface area contributed by atoms with Gasteiger partial charge in [-0.25, -0.2) is 0 Å². The molecule has 1 heterocycles. The normalized spacial score (nSPS) is 36.7. The van der Waals surface area contributed by atoms with Crippen LogP contribution >= 0.6 is 0 Å². The van der Waals surface area contributed by atoms with E-state index in [-0.39, 0.29) is 0 Å². The summed E-state index contributed by atoms with van der Waals surface area (Å²) in [5, 5.41) is 0. The second-order valence-corrected chi connectivity index (χ2v) is 3.07. The lowest BCUT2D eigenvalue weighted by Gasteiger charge is -2.29. The third kappa shape index (κ3) is 0.983. The second kappa shape index (κ2) is 2.30. The van der Waals surface area contributed by atoms with Crippen LogP contribution in [-0.2, 0) is 4.74 Å². The molecule has 0 spiro atoms. The molecule has 1 saturated heterocycles. The molecule has 2 rings (SSSR count). The lowest BCUT2D eigenvalue weighted by Crippen LogP contribution is -2.19. The number of hydrogen-bond donors (Lipinski definition) is 0. The van der Waals surface area contributed by atoms with E-state index >= 15 is 0 Å². The Morgan fingerprint density at radius 3 is 2.67 bits per heavy atom. The zero-order valence-corrected chi connectivity index (χ0v) is 5.73. The van der Waals surface area contributed by atoms with Crippen molar-refractivity contribution in [1.82, 2.24) is 0 Å². The van der Waals surface area contributed by atoms with Crippen LogP contribution in [0.1, 0.15) is 25.7 Å². The Labute approximate surface area is 56.4 Å². The summed E-state index contributed by atoms with van der Waals surface area (Å²) in [5.41, 5.74) is 0. The molecule has 0 aromatic carbocycles. The van der Waals surface area contributed by atoms with Gasteiger partial charge in [0.15, 0.2) is 0 Å². The molecule has 1 aliphatic carbocycles. The Morgan fingerprint density at radius 2 is 2.22 bits per heavy atom. The quantitative estimate of drug-likeness (QED) is 0.519. The van der Waals surface area contributed by atoms with Gasteiger partial charge in [-0.2, -0.15) is 0 Å². The molecule has 2 fully saturated rings. The van der Waals surface area contributed by atoms with E-state index in [1.54, 1.807) is 5.92 Å². The van der Waals surface area contributed by atoms with Gasteiger partial charge in [-0.1, -0.05) is 6.42 Å². The average molecular weight is 125 g/mol. The van der Waals surface area contributed by atoms with Crippen molar-refractivity contribution in [2.24, 2.45) is 5.92 Å². The minimum atomic E-state index is 0.860. The third-order valence-corrected chi connectivity index (χ3v) is 2.50. The smallest absolute Gasteiger partial charge is 0.0500 e. The first-order valence-electron chi connectivity index (χ1n) is 3.89. The van der Waals surface area contributed by atoms with Gasteiger partial charge in [0.1, 0.15) is 0 Å². The highest BCUT2D eigenvalue weighted by Gasteiger charge is 2.30. The molecule has 2 aliphatic rings. The fourth-order valence-electron chi connectivity index (χ4n) is 1.65. The van der Waals surface area contributed by atoms with Gasteiger partial charge in [0.05, 0.1) is 6.61 Å². The molecule has 1 saturated carbocycles. The zero-order valence-electron chi connectivity index (χ0n) is 5.73. The van der Waals surface area contributed by atoms with Crippen LogP contribution in [0.25, 0.3) is 0 Å². The van der Waals surface area contributed by atoms with Crippen molar-refractivity contribution in [2.75, 3.05) is 13.2 Å². The highest BCUT2D eigenvalue weighted by atomic mass is 16.5. The molecule has 1 unspecified atom stereocenters. The molecule has 0 N–H and O–H groups in total. The Kier molecular flexibility index (Phi) is 1.46. The van der Waals surface area contributed by atoms with Crippen LogP contribution < -0.4 is 0 Å². The highest BCUT2D eigenvalue weighted by Crippen LogP contribution is 2.39. The van der Waals surface area contributed by atoms with Crippen LogP contribution in [-0.4, -0.2) is 13.2 Å². The average Bonchev–Trinajstić information content (AvgIpc) is 2.11. The molecular formula is C8H13O. The monoisotopic (exact) mass is 125 g/mol. The van der Waals surface area contributed by atoms with E-state index in [9.17, 15) is 0 Å². The Balaban J connectivity index is 1.82. The van der Waals surface area contributed by atoms with Gasteiger partial charge in [0.2, 0.25) is 0 Å². The molecule has 1 heteroatoms. The van der Waals surface area contributed by atoms with Gasteiger partial charge in [-0.15, -0.1) is 0 Å². The summed E-state index contributed by atoms with van der Waals surface area (Å²) < 4.78 is 5.29.